The highest BCUT2D eigenvalue weighted by molar-refractivity contribution is 8.00. The minimum absolute atomic E-state index is 0.00760. The Morgan fingerprint density at radius 2 is 1.38 bits per heavy atom. The molecule has 0 radical (unpaired) electrons. The zero-order chi connectivity index (χ0) is 26.4. The van der Waals surface area contributed by atoms with Crippen LogP contribution in [0.5, 0.6) is 0 Å². The average Bonchev–Trinajstić information content (AvgIpc) is 3.68. The van der Waals surface area contributed by atoms with Crippen molar-refractivity contribution >= 4 is 52.2 Å². The summed E-state index contributed by atoms with van der Waals surface area (Å²) in [5.41, 5.74) is 2.63. The molecule has 3 fully saturated rings. The molecule has 4 aromatic rings. The maximum Gasteiger partial charge on any atom is 0.312 e. The van der Waals surface area contributed by atoms with Crippen LogP contribution in [0.1, 0.15) is 22.8 Å². The zero-order valence-corrected chi connectivity index (χ0v) is 23.0. The van der Waals surface area contributed by atoms with Crippen LogP contribution in [-0.4, -0.2) is 21.6 Å². The van der Waals surface area contributed by atoms with Gasteiger partial charge < -0.3 is 0 Å². The van der Waals surface area contributed by atoms with Gasteiger partial charge in [0.25, 0.3) is 0 Å². The Kier molecular flexibility index (Phi) is 5.28. The number of carbonyl (C=O) groups excluding carboxylic acids is 2. The van der Waals surface area contributed by atoms with Gasteiger partial charge in [0.15, 0.2) is 0 Å². The number of imide groups is 1. The highest BCUT2D eigenvalue weighted by Gasteiger charge is 2.69. The lowest BCUT2D eigenvalue weighted by molar-refractivity contribution is -0.123. The van der Waals surface area contributed by atoms with E-state index < -0.39 is 0 Å². The third kappa shape index (κ3) is 3.30. The molecule has 3 aromatic carbocycles. The van der Waals surface area contributed by atoms with Gasteiger partial charge in [-0.25, -0.2) is 0 Å². The van der Waals surface area contributed by atoms with Crippen LogP contribution in [0.15, 0.2) is 94.7 Å². The molecule has 39 heavy (non-hydrogen) atoms. The zero-order valence-electron chi connectivity index (χ0n) is 20.6. The molecule has 0 N–H and O–H groups in total. The number of fused-ring (bicyclic) bond motifs is 9. The van der Waals surface area contributed by atoms with Gasteiger partial charge in [-0.15, -0.1) is 11.8 Å². The molecule has 1 aromatic heterocycles. The third-order valence-corrected chi connectivity index (χ3v) is 12.1. The molecule has 0 spiro atoms. The molecule has 194 valence electrons. The number of thiazole rings is 1. The molecule has 2 saturated carbocycles. The molecule has 1 saturated heterocycles. The van der Waals surface area contributed by atoms with E-state index in [1.807, 2.05) is 53.1 Å². The molecule has 4 aliphatic rings. The van der Waals surface area contributed by atoms with Gasteiger partial charge in [-0.3, -0.25) is 23.9 Å². The minimum atomic E-state index is -0.319. The van der Waals surface area contributed by atoms with Crippen LogP contribution in [0, 0.1) is 29.6 Å². The first-order valence-corrected chi connectivity index (χ1v) is 15.3. The Bertz CT molecular complexity index is 1680. The van der Waals surface area contributed by atoms with Crippen LogP contribution in [0.4, 0.5) is 5.69 Å². The predicted octanol–water partition coefficient (Wildman–Crippen LogP) is 6.23. The quantitative estimate of drug-likeness (QED) is 0.274. The Morgan fingerprint density at radius 1 is 0.744 bits per heavy atom. The first-order chi connectivity index (χ1) is 19.0. The average molecular weight is 571 g/mol. The summed E-state index contributed by atoms with van der Waals surface area (Å²) in [5, 5.41) is 1.71. The molecule has 8 rings (SSSR count). The fourth-order valence-electron chi connectivity index (χ4n) is 7.75. The Hall–Kier alpha value is -3.13. The largest absolute Gasteiger partial charge is 0.312 e. The van der Waals surface area contributed by atoms with E-state index >= 15 is 0 Å². The monoisotopic (exact) mass is 570 g/mol. The van der Waals surface area contributed by atoms with Crippen molar-refractivity contribution in [3.05, 3.63) is 110 Å². The summed E-state index contributed by atoms with van der Waals surface area (Å²) in [7, 11) is 0. The Balaban J connectivity index is 1.26. The number of halogens is 1. The molecular weight excluding hydrogens is 548 g/mol. The number of nitrogens with zero attached hydrogens (tertiary/aromatic N) is 2. The lowest BCUT2D eigenvalue weighted by Crippen LogP contribution is -2.43. The van der Waals surface area contributed by atoms with E-state index in [2.05, 4.69) is 12.1 Å². The highest BCUT2D eigenvalue weighted by Crippen LogP contribution is 2.69. The van der Waals surface area contributed by atoms with Crippen molar-refractivity contribution in [3.8, 4) is 5.69 Å². The molecule has 2 aliphatic carbocycles. The van der Waals surface area contributed by atoms with Crippen molar-refractivity contribution in [2.24, 2.45) is 29.6 Å². The Morgan fingerprint density at radius 3 is 2.08 bits per heavy atom. The third-order valence-electron chi connectivity index (χ3n) is 9.13. The van der Waals surface area contributed by atoms with Gasteiger partial charge in [-0.1, -0.05) is 71.5 Å². The number of para-hydroxylation sites is 1. The van der Waals surface area contributed by atoms with Crippen LogP contribution in [0.25, 0.3) is 5.69 Å². The van der Waals surface area contributed by atoms with Crippen molar-refractivity contribution in [2.45, 2.75) is 22.6 Å². The summed E-state index contributed by atoms with van der Waals surface area (Å²) in [4.78, 5) is 43.7. The normalized spacial score (nSPS) is 30.4. The van der Waals surface area contributed by atoms with Crippen molar-refractivity contribution in [3.63, 3.8) is 0 Å². The molecule has 0 unspecified atom stereocenters. The van der Waals surface area contributed by atoms with E-state index in [4.69, 9.17) is 11.6 Å². The maximum absolute atomic E-state index is 13.9. The number of hydrogen-bond acceptors (Lipinski definition) is 5. The Labute approximate surface area is 238 Å². The number of aromatic nitrogens is 1. The molecule has 7 atom stereocenters. The maximum atomic E-state index is 13.9. The van der Waals surface area contributed by atoms with E-state index in [1.54, 1.807) is 36.0 Å². The number of thioether (sulfide) groups is 1. The number of anilines is 1. The molecule has 2 bridgehead atoms. The number of hydrogen-bond donors (Lipinski definition) is 0. The molecule has 2 aliphatic heterocycles. The number of amides is 2. The second kappa shape index (κ2) is 8.68. The van der Waals surface area contributed by atoms with E-state index in [9.17, 15) is 14.4 Å². The second-order valence-corrected chi connectivity index (χ2v) is 13.5. The van der Waals surface area contributed by atoms with Gasteiger partial charge in [-0.2, -0.15) is 0 Å². The summed E-state index contributed by atoms with van der Waals surface area (Å²) in [6.07, 6.45) is 0.872. The molecule has 3 heterocycles. The SMILES string of the molecule is O=C1[C@@H]2[C@H]3C[C@@H]([C@@H]2C(=O)N1c1ccc(Cl)cc1)[C@@H]1[C@H](c2ccccc2)c2sc(=O)n(-c4ccccc4)c2S[C@H]31. The van der Waals surface area contributed by atoms with E-state index in [1.165, 1.54) is 21.8 Å². The molecule has 8 heteroatoms. The van der Waals surface area contributed by atoms with Gasteiger partial charge in [-0.05, 0) is 66.1 Å². The summed E-state index contributed by atoms with van der Waals surface area (Å²) in [5.74, 6) is -0.447. The van der Waals surface area contributed by atoms with Crippen molar-refractivity contribution in [1.82, 2.24) is 4.57 Å². The second-order valence-electron chi connectivity index (χ2n) is 10.9. The van der Waals surface area contributed by atoms with Crippen LogP contribution < -0.4 is 9.77 Å². The van der Waals surface area contributed by atoms with Crippen molar-refractivity contribution in [1.29, 1.82) is 0 Å². The summed E-state index contributed by atoms with van der Waals surface area (Å²) < 4.78 is 1.85. The van der Waals surface area contributed by atoms with Gasteiger partial charge in [0.1, 0.15) is 0 Å². The van der Waals surface area contributed by atoms with Crippen LogP contribution in [0.2, 0.25) is 5.02 Å². The topological polar surface area (TPSA) is 59.4 Å². The first kappa shape index (κ1) is 23.7. The van der Waals surface area contributed by atoms with Gasteiger partial charge in [0.05, 0.1) is 28.2 Å². The van der Waals surface area contributed by atoms with Gasteiger partial charge in [0, 0.05) is 21.1 Å². The summed E-state index contributed by atoms with van der Waals surface area (Å²) in [6.45, 7) is 0. The van der Waals surface area contributed by atoms with Gasteiger partial charge in [0.2, 0.25) is 11.8 Å². The van der Waals surface area contributed by atoms with Crippen molar-refractivity contribution in [2.75, 3.05) is 4.90 Å². The fraction of sp³-hybridized carbons (Fsp3) is 0.258. The van der Waals surface area contributed by atoms with Gasteiger partial charge >= 0.3 is 4.87 Å². The number of rotatable bonds is 3. The van der Waals surface area contributed by atoms with Crippen LogP contribution >= 0.6 is 34.7 Å². The minimum Gasteiger partial charge on any atom is -0.274 e. The van der Waals surface area contributed by atoms with Crippen LogP contribution in [-0.2, 0) is 9.59 Å². The number of benzene rings is 3. The fourth-order valence-corrected chi connectivity index (χ4v) is 11.0. The molecule has 5 nitrogen and oxygen atoms in total. The van der Waals surface area contributed by atoms with E-state index in [-0.39, 0.29) is 57.4 Å². The predicted molar refractivity (Wildman–Crippen MR) is 154 cm³/mol. The smallest absolute Gasteiger partial charge is 0.274 e. The van der Waals surface area contributed by atoms with E-state index in [0.29, 0.717) is 10.7 Å². The summed E-state index contributed by atoms with van der Waals surface area (Å²) in [6, 6.07) is 27.1. The molecule has 2 amide bonds. The highest BCUT2D eigenvalue weighted by atomic mass is 35.5. The lowest BCUT2D eigenvalue weighted by atomic mass is 9.68. The lowest BCUT2D eigenvalue weighted by Gasteiger charge is -2.43. The standard InChI is InChI=1S/C31H23ClN2O3S2/c32-17-11-13-19(14-12-17)33-28(35)24-20-15-21(25(24)29(33)36)26-23(20)22(16-7-3-1-4-8-16)27-30(38-26)34(31(37)39-27)18-9-5-2-6-10-18/h1-14,20-26H,15H2/t20-,21-,22+,23-,24+,25-,26-/m1/s1. The van der Waals surface area contributed by atoms with Crippen molar-refractivity contribution < 1.29 is 9.59 Å². The number of carbonyl (C=O) groups is 2. The summed E-state index contributed by atoms with van der Waals surface area (Å²) >= 11 is 9.17. The molecular formula is C31H23ClN2O3S2. The first-order valence-electron chi connectivity index (χ1n) is 13.2. The van der Waals surface area contributed by atoms with E-state index in [0.717, 1.165) is 22.0 Å². The van der Waals surface area contributed by atoms with Crippen LogP contribution in [0.3, 0.4) is 0 Å².